The van der Waals surface area contributed by atoms with Crippen molar-refractivity contribution in [2.75, 3.05) is 6.61 Å². The zero-order valence-electron chi connectivity index (χ0n) is 13.6. The maximum Gasteiger partial charge on any atom is 0.315 e. The van der Waals surface area contributed by atoms with Gasteiger partial charge in [-0.1, -0.05) is 13.8 Å². The number of aliphatic hydroxyl groups excluding tert-OH is 1. The number of ether oxygens (including phenoxy) is 1. The van der Waals surface area contributed by atoms with E-state index in [4.69, 9.17) is 4.74 Å². The number of amides is 2. The molecule has 2 atom stereocenters. The second-order valence-corrected chi connectivity index (χ2v) is 7.35. The summed E-state index contributed by atoms with van der Waals surface area (Å²) >= 11 is 0. The predicted molar refractivity (Wildman–Crippen MR) is 79.6 cm³/mol. The Kier molecular flexibility index (Phi) is 5.44. The Labute approximate surface area is 122 Å². The van der Waals surface area contributed by atoms with Crippen molar-refractivity contribution in [3.05, 3.63) is 0 Å². The molecule has 1 saturated heterocycles. The van der Waals surface area contributed by atoms with Crippen LogP contribution < -0.4 is 10.6 Å². The molecule has 0 aromatic heterocycles. The van der Waals surface area contributed by atoms with Crippen LogP contribution in [0.2, 0.25) is 0 Å². The van der Waals surface area contributed by atoms with Gasteiger partial charge in [-0.15, -0.1) is 0 Å². The third-order valence-electron chi connectivity index (χ3n) is 3.69. The molecule has 0 bridgehead atoms. The summed E-state index contributed by atoms with van der Waals surface area (Å²) in [5, 5.41) is 15.1. The van der Waals surface area contributed by atoms with Crippen molar-refractivity contribution in [2.45, 2.75) is 77.7 Å². The first-order valence-corrected chi connectivity index (χ1v) is 7.44. The quantitative estimate of drug-likeness (QED) is 0.724. The number of carbonyl (C=O) groups is 1. The Bertz CT molecular complexity index is 340. The second kappa shape index (κ2) is 6.31. The summed E-state index contributed by atoms with van der Waals surface area (Å²) in [6.07, 6.45) is 1.54. The lowest BCUT2D eigenvalue weighted by Gasteiger charge is -2.28. The van der Waals surface area contributed by atoms with E-state index in [1.54, 1.807) is 0 Å². The van der Waals surface area contributed by atoms with Gasteiger partial charge in [-0.05, 0) is 46.5 Å². The van der Waals surface area contributed by atoms with Gasteiger partial charge in [0.05, 0.1) is 29.9 Å². The molecule has 1 fully saturated rings. The fraction of sp³-hybridized carbons (Fsp3) is 0.933. The van der Waals surface area contributed by atoms with Crippen molar-refractivity contribution >= 4 is 6.03 Å². The van der Waals surface area contributed by atoms with Gasteiger partial charge in [-0.3, -0.25) is 0 Å². The lowest BCUT2D eigenvalue weighted by molar-refractivity contribution is -0.0691. The number of hydrogen-bond donors (Lipinski definition) is 3. The molecule has 1 aliphatic heterocycles. The highest BCUT2D eigenvalue weighted by molar-refractivity contribution is 5.74. The third kappa shape index (κ3) is 4.94. The molecule has 2 amide bonds. The van der Waals surface area contributed by atoms with Gasteiger partial charge >= 0.3 is 6.03 Å². The number of hydrogen-bond acceptors (Lipinski definition) is 3. The summed E-state index contributed by atoms with van der Waals surface area (Å²) in [7, 11) is 0. The Morgan fingerprint density at radius 3 is 2.35 bits per heavy atom. The van der Waals surface area contributed by atoms with Gasteiger partial charge in [0.25, 0.3) is 0 Å². The smallest absolute Gasteiger partial charge is 0.315 e. The molecule has 1 aliphatic rings. The van der Waals surface area contributed by atoms with E-state index in [2.05, 4.69) is 24.5 Å². The molecule has 5 nitrogen and oxygen atoms in total. The number of nitrogens with one attached hydrogen (secondary N) is 2. The maximum atomic E-state index is 12.1. The predicted octanol–water partition coefficient (Wildman–Crippen LogP) is 2.04. The molecule has 0 aliphatic carbocycles. The van der Waals surface area contributed by atoms with Crippen molar-refractivity contribution < 1.29 is 14.6 Å². The Hall–Kier alpha value is -0.810. The highest BCUT2D eigenvalue weighted by Gasteiger charge is 2.46. The molecular weight excluding hydrogens is 256 g/mol. The number of carbonyl (C=O) groups excluding carboxylic acids is 1. The molecule has 0 aromatic rings. The molecule has 1 rings (SSSR count). The summed E-state index contributed by atoms with van der Waals surface area (Å²) in [5.74, 6) is 0.428. The normalized spacial score (nSPS) is 25.5. The Balaban J connectivity index is 2.54. The van der Waals surface area contributed by atoms with E-state index >= 15 is 0 Å². The van der Waals surface area contributed by atoms with Crippen LogP contribution in [0.25, 0.3) is 0 Å². The van der Waals surface area contributed by atoms with Crippen LogP contribution >= 0.6 is 0 Å². The monoisotopic (exact) mass is 286 g/mol. The summed E-state index contributed by atoms with van der Waals surface area (Å²) in [4.78, 5) is 12.1. The third-order valence-corrected chi connectivity index (χ3v) is 3.69. The SMILES string of the molecule is CC(C)CC(CO)NC(=O)NC1CC(C)(C)OC1(C)C. The minimum atomic E-state index is -0.381. The van der Waals surface area contributed by atoms with Crippen LogP contribution in [0.1, 0.15) is 54.4 Å². The molecule has 0 saturated carbocycles. The first-order chi connectivity index (χ1) is 9.05. The summed E-state index contributed by atoms with van der Waals surface area (Å²) < 4.78 is 5.95. The highest BCUT2D eigenvalue weighted by atomic mass is 16.5. The van der Waals surface area contributed by atoms with Gasteiger partial charge in [0, 0.05) is 0 Å². The topological polar surface area (TPSA) is 70.6 Å². The maximum absolute atomic E-state index is 12.1. The van der Waals surface area contributed by atoms with E-state index in [0.717, 1.165) is 12.8 Å². The molecule has 2 unspecified atom stereocenters. The van der Waals surface area contributed by atoms with E-state index < -0.39 is 0 Å². The summed E-state index contributed by atoms with van der Waals surface area (Å²) in [6, 6.07) is -0.464. The molecule has 0 aromatic carbocycles. The average molecular weight is 286 g/mol. The molecule has 1 heterocycles. The summed E-state index contributed by atoms with van der Waals surface area (Å²) in [6.45, 7) is 12.1. The first-order valence-electron chi connectivity index (χ1n) is 7.44. The number of urea groups is 1. The van der Waals surface area contributed by atoms with E-state index in [-0.39, 0.29) is 35.9 Å². The van der Waals surface area contributed by atoms with Crippen LogP contribution in [-0.2, 0) is 4.74 Å². The van der Waals surface area contributed by atoms with Gasteiger partial charge in [0.15, 0.2) is 0 Å². The lowest BCUT2D eigenvalue weighted by Crippen LogP contribution is -2.52. The molecule has 118 valence electrons. The fourth-order valence-corrected chi connectivity index (χ4v) is 2.92. The van der Waals surface area contributed by atoms with Crippen LogP contribution in [0.4, 0.5) is 4.79 Å². The van der Waals surface area contributed by atoms with E-state index in [9.17, 15) is 9.90 Å². The second-order valence-electron chi connectivity index (χ2n) is 7.35. The van der Waals surface area contributed by atoms with Gasteiger partial charge in [-0.2, -0.15) is 0 Å². The Morgan fingerprint density at radius 2 is 1.95 bits per heavy atom. The number of rotatable bonds is 5. The van der Waals surface area contributed by atoms with Crippen LogP contribution in [0.3, 0.4) is 0 Å². The van der Waals surface area contributed by atoms with Crippen LogP contribution in [0.5, 0.6) is 0 Å². The van der Waals surface area contributed by atoms with Crippen molar-refractivity contribution in [1.29, 1.82) is 0 Å². The van der Waals surface area contributed by atoms with Crippen LogP contribution in [-0.4, -0.2) is 41.0 Å². The minimum absolute atomic E-state index is 0.0316. The zero-order valence-corrected chi connectivity index (χ0v) is 13.6. The van der Waals surface area contributed by atoms with Gasteiger partial charge in [-0.25, -0.2) is 4.79 Å². The molecule has 5 heteroatoms. The van der Waals surface area contributed by atoms with Crippen molar-refractivity contribution in [2.24, 2.45) is 5.92 Å². The zero-order chi connectivity index (χ0) is 15.6. The highest BCUT2D eigenvalue weighted by Crippen LogP contribution is 2.37. The van der Waals surface area contributed by atoms with E-state index in [1.807, 2.05) is 27.7 Å². The van der Waals surface area contributed by atoms with E-state index in [0.29, 0.717) is 5.92 Å². The molecular formula is C15H30N2O3. The standard InChI is InChI=1S/C15H30N2O3/c1-10(2)7-11(9-18)16-13(19)17-12-8-14(3,4)20-15(12,5)6/h10-12,18H,7-9H2,1-6H3,(H2,16,17,19). The number of aliphatic hydroxyl groups is 1. The Morgan fingerprint density at radius 1 is 1.35 bits per heavy atom. The van der Waals surface area contributed by atoms with Crippen LogP contribution in [0, 0.1) is 5.92 Å². The van der Waals surface area contributed by atoms with E-state index in [1.165, 1.54) is 0 Å². The van der Waals surface area contributed by atoms with Gasteiger partial charge in [0.2, 0.25) is 0 Å². The van der Waals surface area contributed by atoms with Crippen LogP contribution in [0.15, 0.2) is 0 Å². The van der Waals surface area contributed by atoms with Gasteiger partial charge in [0.1, 0.15) is 0 Å². The molecule has 0 radical (unpaired) electrons. The molecule has 3 N–H and O–H groups in total. The largest absolute Gasteiger partial charge is 0.394 e. The fourth-order valence-electron chi connectivity index (χ4n) is 2.92. The van der Waals surface area contributed by atoms with Crippen molar-refractivity contribution in [3.8, 4) is 0 Å². The van der Waals surface area contributed by atoms with Crippen molar-refractivity contribution in [3.63, 3.8) is 0 Å². The van der Waals surface area contributed by atoms with Gasteiger partial charge < -0.3 is 20.5 Å². The molecule has 20 heavy (non-hydrogen) atoms. The van der Waals surface area contributed by atoms with Crippen molar-refractivity contribution in [1.82, 2.24) is 10.6 Å². The molecule has 0 spiro atoms. The minimum Gasteiger partial charge on any atom is -0.394 e. The lowest BCUT2D eigenvalue weighted by atomic mass is 9.94. The first kappa shape index (κ1) is 17.2. The summed E-state index contributed by atoms with van der Waals surface area (Å²) in [5.41, 5.74) is -0.608. The average Bonchev–Trinajstić information content (AvgIpc) is 2.44.